The summed E-state index contributed by atoms with van der Waals surface area (Å²) in [7, 11) is 0. The summed E-state index contributed by atoms with van der Waals surface area (Å²) < 4.78 is 15.8. The lowest BCUT2D eigenvalue weighted by Crippen LogP contribution is -2.04. The maximum atomic E-state index is 12.2. The Labute approximate surface area is 129 Å². The van der Waals surface area contributed by atoms with E-state index in [1.54, 1.807) is 18.3 Å². The Balaban J connectivity index is 1.48. The van der Waals surface area contributed by atoms with Crippen molar-refractivity contribution >= 4 is 16.9 Å². The first kappa shape index (κ1) is 13.3. The fourth-order valence-electron chi connectivity index (χ4n) is 2.26. The summed E-state index contributed by atoms with van der Waals surface area (Å²) in [5.74, 6) is 0.449. The number of nitrogens with zero attached hydrogens (tertiary/aromatic N) is 2. The van der Waals surface area contributed by atoms with Crippen molar-refractivity contribution in [3.8, 4) is 11.7 Å². The Kier molecular flexibility index (Phi) is 3.16. The molecule has 0 saturated heterocycles. The zero-order valence-electron chi connectivity index (χ0n) is 11.9. The molecule has 4 rings (SSSR count). The molecule has 7 nitrogen and oxygen atoms in total. The summed E-state index contributed by atoms with van der Waals surface area (Å²) in [6, 6.07) is 10.9. The molecule has 114 valence electrons. The summed E-state index contributed by atoms with van der Waals surface area (Å²) in [4.78, 5) is 15.2. The number of carbonyl (C=O) groups excluding carboxylic acids is 1. The van der Waals surface area contributed by atoms with Gasteiger partial charge in [-0.2, -0.15) is 0 Å². The van der Waals surface area contributed by atoms with E-state index in [1.165, 1.54) is 6.26 Å². The lowest BCUT2D eigenvalue weighted by molar-refractivity contribution is 0.0441. The molecular weight excluding hydrogens is 298 g/mol. The number of carbonyl (C=O) groups is 1. The van der Waals surface area contributed by atoms with E-state index in [9.17, 15) is 4.79 Å². The number of esters is 1. The second-order valence-corrected chi connectivity index (χ2v) is 4.80. The molecular formula is C16H11N3O4. The molecule has 0 bridgehead atoms. The van der Waals surface area contributed by atoms with Gasteiger partial charge in [-0.05, 0) is 18.2 Å². The minimum absolute atomic E-state index is 0.105. The average Bonchev–Trinajstić information content (AvgIpc) is 3.31. The van der Waals surface area contributed by atoms with Crippen LogP contribution in [0.15, 0.2) is 57.7 Å². The summed E-state index contributed by atoms with van der Waals surface area (Å²) in [6.07, 6.45) is 3.13. The number of hydrogen-bond acceptors (Lipinski definition) is 6. The monoisotopic (exact) mass is 309 g/mol. The van der Waals surface area contributed by atoms with Gasteiger partial charge in [-0.25, -0.2) is 4.79 Å². The molecule has 0 aliphatic rings. The van der Waals surface area contributed by atoms with E-state index >= 15 is 0 Å². The highest BCUT2D eigenvalue weighted by molar-refractivity contribution is 6.03. The number of H-pyrrole nitrogens is 1. The van der Waals surface area contributed by atoms with Crippen LogP contribution in [-0.2, 0) is 11.3 Å². The lowest BCUT2D eigenvalue weighted by Gasteiger charge is -2.00. The van der Waals surface area contributed by atoms with Crippen molar-refractivity contribution in [3.05, 3.63) is 60.3 Å². The van der Waals surface area contributed by atoms with Gasteiger partial charge in [-0.3, -0.25) is 0 Å². The molecule has 1 aromatic carbocycles. The van der Waals surface area contributed by atoms with Crippen LogP contribution in [0.4, 0.5) is 0 Å². The van der Waals surface area contributed by atoms with Crippen molar-refractivity contribution in [3.63, 3.8) is 0 Å². The van der Waals surface area contributed by atoms with E-state index in [0.29, 0.717) is 11.3 Å². The number of hydrogen-bond donors (Lipinski definition) is 1. The molecule has 0 aliphatic heterocycles. The summed E-state index contributed by atoms with van der Waals surface area (Å²) >= 11 is 0. The molecule has 0 unspecified atom stereocenters. The third-order valence-electron chi connectivity index (χ3n) is 3.33. The molecule has 3 heterocycles. The third-order valence-corrected chi connectivity index (χ3v) is 3.33. The van der Waals surface area contributed by atoms with Gasteiger partial charge >= 0.3 is 5.97 Å². The predicted octanol–water partition coefficient (Wildman–Crippen LogP) is 3.17. The smallest absolute Gasteiger partial charge is 0.340 e. The predicted molar refractivity (Wildman–Crippen MR) is 79.4 cm³/mol. The van der Waals surface area contributed by atoms with E-state index < -0.39 is 5.97 Å². The molecule has 0 radical (unpaired) electrons. The van der Waals surface area contributed by atoms with Gasteiger partial charge in [0.15, 0.2) is 12.4 Å². The molecule has 0 atom stereocenters. The molecule has 0 spiro atoms. The van der Waals surface area contributed by atoms with Crippen molar-refractivity contribution in [1.82, 2.24) is 15.2 Å². The van der Waals surface area contributed by atoms with Crippen LogP contribution in [0.25, 0.3) is 22.6 Å². The summed E-state index contributed by atoms with van der Waals surface area (Å²) in [5.41, 5.74) is 1.34. The van der Waals surface area contributed by atoms with Gasteiger partial charge in [0.05, 0.1) is 11.8 Å². The molecule has 7 heteroatoms. The molecule has 0 amide bonds. The van der Waals surface area contributed by atoms with Crippen LogP contribution in [0, 0.1) is 0 Å². The van der Waals surface area contributed by atoms with Crippen LogP contribution in [0.3, 0.4) is 0 Å². The van der Waals surface area contributed by atoms with Gasteiger partial charge in [-0.1, -0.05) is 18.2 Å². The number of furan rings is 1. The van der Waals surface area contributed by atoms with Gasteiger partial charge in [0, 0.05) is 17.1 Å². The Morgan fingerprint density at radius 3 is 2.96 bits per heavy atom. The van der Waals surface area contributed by atoms with Gasteiger partial charge in [0.25, 0.3) is 11.8 Å². The highest BCUT2D eigenvalue weighted by Gasteiger charge is 2.16. The summed E-state index contributed by atoms with van der Waals surface area (Å²) in [6.45, 7) is -0.105. The van der Waals surface area contributed by atoms with Gasteiger partial charge in [-0.15, -0.1) is 10.2 Å². The maximum Gasteiger partial charge on any atom is 0.340 e. The molecule has 4 aromatic rings. The standard InChI is InChI=1S/C16H11N3O4/c20-16(11-8-17-12-5-2-1-4-10(11)12)22-9-14-18-19-15(23-14)13-6-3-7-21-13/h1-8,17H,9H2. The van der Waals surface area contributed by atoms with E-state index in [-0.39, 0.29) is 18.4 Å². The zero-order chi connectivity index (χ0) is 15.6. The van der Waals surface area contributed by atoms with Crippen molar-refractivity contribution < 1.29 is 18.4 Å². The highest BCUT2D eigenvalue weighted by atomic mass is 16.5. The number of para-hydroxylation sites is 1. The first-order valence-electron chi connectivity index (χ1n) is 6.91. The Hall–Kier alpha value is -3.35. The van der Waals surface area contributed by atoms with Crippen molar-refractivity contribution in [2.75, 3.05) is 0 Å². The van der Waals surface area contributed by atoms with Crippen molar-refractivity contribution in [1.29, 1.82) is 0 Å². The largest absolute Gasteiger partial charge is 0.459 e. The van der Waals surface area contributed by atoms with Crippen LogP contribution in [0.5, 0.6) is 0 Å². The molecule has 0 aliphatic carbocycles. The van der Waals surface area contributed by atoms with Crippen LogP contribution < -0.4 is 0 Å². The van der Waals surface area contributed by atoms with E-state index in [1.807, 2.05) is 24.3 Å². The second kappa shape index (κ2) is 5.45. The normalized spacial score (nSPS) is 11.0. The fourth-order valence-corrected chi connectivity index (χ4v) is 2.26. The maximum absolute atomic E-state index is 12.2. The Morgan fingerprint density at radius 2 is 2.09 bits per heavy atom. The first-order valence-corrected chi connectivity index (χ1v) is 6.91. The molecule has 0 fully saturated rings. The SMILES string of the molecule is O=C(OCc1nnc(-c2ccco2)o1)c1c[nH]c2ccccc12. The molecule has 3 aromatic heterocycles. The number of aromatic amines is 1. The van der Waals surface area contributed by atoms with Crippen LogP contribution >= 0.6 is 0 Å². The lowest BCUT2D eigenvalue weighted by atomic mass is 10.2. The number of benzene rings is 1. The number of nitrogens with one attached hydrogen (secondary N) is 1. The van der Waals surface area contributed by atoms with Crippen molar-refractivity contribution in [2.24, 2.45) is 0 Å². The van der Waals surface area contributed by atoms with E-state index in [4.69, 9.17) is 13.6 Å². The highest BCUT2D eigenvalue weighted by Crippen LogP contribution is 2.20. The van der Waals surface area contributed by atoms with Gasteiger partial charge in [0.1, 0.15) is 0 Å². The van der Waals surface area contributed by atoms with E-state index in [0.717, 1.165) is 10.9 Å². The van der Waals surface area contributed by atoms with Crippen LogP contribution in [-0.4, -0.2) is 21.2 Å². The van der Waals surface area contributed by atoms with Crippen LogP contribution in [0.2, 0.25) is 0 Å². The van der Waals surface area contributed by atoms with E-state index in [2.05, 4.69) is 15.2 Å². The minimum Gasteiger partial charge on any atom is -0.459 e. The second-order valence-electron chi connectivity index (χ2n) is 4.80. The minimum atomic E-state index is -0.458. The summed E-state index contributed by atoms with van der Waals surface area (Å²) in [5, 5.41) is 8.47. The molecule has 23 heavy (non-hydrogen) atoms. The quantitative estimate of drug-likeness (QED) is 0.582. The van der Waals surface area contributed by atoms with Crippen LogP contribution in [0.1, 0.15) is 16.2 Å². The topological polar surface area (TPSA) is 94.2 Å². The Bertz CT molecular complexity index is 953. The Morgan fingerprint density at radius 1 is 1.17 bits per heavy atom. The zero-order valence-corrected chi connectivity index (χ0v) is 11.9. The number of aromatic nitrogens is 3. The molecule has 1 N–H and O–H groups in total. The first-order chi connectivity index (χ1) is 11.3. The number of ether oxygens (including phenoxy) is 1. The van der Waals surface area contributed by atoms with Gasteiger partial charge in [0.2, 0.25) is 0 Å². The average molecular weight is 309 g/mol. The van der Waals surface area contributed by atoms with Crippen molar-refractivity contribution in [2.45, 2.75) is 6.61 Å². The fraction of sp³-hybridized carbons (Fsp3) is 0.0625. The number of fused-ring (bicyclic) bond motifs is 1. The number of rotatable bonds is 4. The molecule has 0 saturated carbocycles. The van der Waals surface area contributed by atoms with Gasteiger partial charge < -0.3 is 18.6 Å². The third kappa shape index (κ3) is 2.48.